The van der Waals surface area contributed by atoms with Crippen molar-refractivity contribution >= 4 is 41.0 Å². The Morgan fingerprint density at radius 1 is 1.38 bits per heavy atom. The van der Waals surface area contributed by atoms with E-state index in [1.807, 2.05) is 6.07 Å². The number of anilines is 1. The Balaban J connectivity index is 1.67. The lowest BCUT2D eigenvalue weighted by molar-refractivity contribution is -0.135. The number of aromatic nitrogens is 1. The maximum absolute atomic E-state index is 12.5. The van der Waals surface area contributed by atoms with Gasteiger partial charge in [0.2, 0.25) is 5.88 Å². The zero-order chi connectivity index (χ0) is 18.8. The molecule has 2 N–H and O–H groups in total. The van der Waals surface area contributed by atoms with Crippen molar-refractivity contribution in [3.05, 3.63) is 45.1 Å². The maximum atomic E-state index is 12.5. The number of rotatable bonds is 4. The number of aryl methyl sites for hydroxylation is 1. The van der Waals surface area contributed by atoms with Gasteiger partial charge < -0.3 is 19.9 Å². The number of amides is 1. The average molecular weight is 398 g/mol. The molecular weight excluding hydrogens is 381 g/mol. The summed E-state index contributed by atoms with van der Waals surface area (Å²) in [6.45, 7) is 1.76. The van der Waals surface area contributed by atoms with E-state index in [1.165, 1.54) is 0 Å². The molecule has 26 heavy (non-hydrogen) atoms. The van der Waals surface area contributed by atoms with Crippen molar-refractivity contribution in [2.24, 2.45) is 0 Å². The SMILES string of the molecule is Cc1noc(N)c1C(=O)OCC(=O)N1CCCC1c1ccc(Cl)c(Cl)c1. The van der Waals surface area contributed by atoms with Gasteiger partial charge in [-0.15, -0.1) is 0 Å². The molecule has 9 heteroatoms. The van der Waals surface area contributed by atoms with Crippen molar-refractivity contribution in [3.8, 4) is 0 Å². The minimum atomic E-state index is -0.736. The van der Waals surface area contributed by atoms with Gasteiger partial charge in [-0.2, -0.15) is 0 Å². The van der Waals surface area contributed by atoms with Crippen LogP contribution in [0.4, 0.5) is 5.88 Å². The maximum Gasteiger partial charge on any atom is 0.346 e. The van der Waals surface area contributed by atoms with Gasteiger partial charge in [-0.05, 0) is 37.5 Å². The van der Waals surface area contributed by atoms with Gasteiger partial charge in [-0.3, -0.25) is 4.79 Å². The Morgan fingerprint density at radius 3 is 2.81 bits per heavy atom. The Labute approximate surface area is 160 Å². The molecule has 7 nitrogen and oxygen atoms in total. The molecule has 1 unspecified atom stereocenters. The second-order valence-electron chi connectivity index (χ2n) is 6.00. The highest BCUT2D eigenvalue weighted by Gasteiger charge is 2.31. The van der Waals surface area contributed by atoms with Crippen molar-refractivity contribution in [3.63, 3.8) is 0 Å². The summed E-state index contributed by atoms with van der Waals surface area (Å²) < 4.78 is 9.82. The molecule has 3 rings (SSSR count). The first-order chi connectivity index (χ1) is 12.4. The predicted molar refractivity (Wildman–Crippen MR) is 96.1 cm³/mol. The van der Waals surface area contributed by atoms with E-state index in [1.54, 1.807) is 24.0 Å². The number of nitrogens with zero attached hydrogens (tertiary/aromatic N) is 2. The largest absolute Gasteiger partial charge is 0.452 e. The van der Waals surface area contributed by atoms with Crippen molar-refractivity contribution in [1.82, 2.24) is 10.1 Å². The van der Waals surface area contributed by atoms with Crippen LogP contribution in [0.2, 0.25) is 10.0 Å². The summed E-state index contributed by atoms with van der Waals surface area (Å²) in [6, 6.07) is 5.18. The second-order valence-corrected chi connectivity index (χ2v) is 6.82. The third-order valence-electron chi connectivity index (χ3n) is 4.32. The third kappa shape index (κ3) is 3.64. The molecule has 1 fully saturated rings. The van der Waals surface area contributed by atoms with Crippen LogP contribution < -0.4 is 5.73 Å². The van der Waals surface area contributed by atoms with Crippen LogP contribution in [0.5, 0.6) is 0 Å². The molecule has 1 aliphatic heterocycles. The van der Waals surface area contributed by atoms with Gasteiger partial charge in [0.25, 0.3) is 5.91 Å². The molecule has 2 heterocycles. The molecule has 0 aliphatic carbocycles. The van der Waals surface area contributed by atoms with Crippen molar-refractivity contribution in [2.45, 2.75) is 25.8 Å². The van der Waals surface area contributed by atoms with E-state index >= 15 is 0 Å². The summed E-state index contributed by atoms with van der Waals surface area (Å²) in [6.07, 6.45) is 1.65. The highest BCUT2D eigenvalue weighted by Crippen LogP contribution is 2.35. The van der Waals surface area contributed by atoms with Crippen LogP contribution in [0, 0.1) is 6.92 Å². The van der Waals surface area contributed by atoms with Crippen LogP contribution in [0.15, 0.2) is 22.7 Å². The topological polar surface area (TPSA) is 98.7 Å². The van der Waals surface area contributed by atoms with Gasteiger partial charge >= 0.3 is 5.97 Å². The van der Waals surface area contributed by atoms with Crippen molar-refractivity contribution in [2.75, 3.05) is 18.9 Å². The Hall–Kier alpha value is -2.25. The van der Waals surface area contributed by atoms with E-state index in [0.29, 0.717) is 22.3 Å². The number of esters is 1. The number of likely N-dealkylation sites (tertiary alicyclic amines) is 1. The second kappa shape index (κ2) is 7.55. The molecule has 0 radical (unpaired) electrons. The quantitative estimate of drug-likeness (QED) is 0.793. The van der Waals surface area contributed by atoms with Crippen LogP contribution >= 0.6 is 23.2 Å². The highest BCUT2D eigenvalue weighted by molar-refractivity contribution is 6.42. The molecule has 1 atom stereocenters. The molecule has 0 saturated carbocycles. The van der Waals surface area contributed by atoms with Crippen LogP contribution in [-0.2, 0) is 9.53 Å². The third-order valence-corrected chi connectivity index (χ3v) is 5.06. The first-order valence-corrected chi connectivity index (χ1v) is 8.77. The average Bonchev–Trinajstić information content (AvgIpc) is 3.22. The van der Waals surface area contributed by atoms with E-state index in [9.17, 15) is 9.59 Å². The number of benzene rings is 1. The minimum Gasteiger partial charge on any atom is -0.452 e. The molecule has 1 aromatic carbocycles. The molecular formula is C17H17Cl2N3O4. The van der Waals surface area contributed by atoms with Crippen LogP contribution in [0.25, 0.3) is 0 Å². The Kier molecular flexibility index (Phi) is 5.38. The van der Waals surface area contributed by atoms with E-state index in [2.05, 4.69) is 5.16 Å². The lowest BCUT2D eigenvalue weighted by Crippen LogP contribution is -2.34. The number of ether oxygens (including phenoxy) is 1. The standard InChI is InChI=1S/C17H17Cl2N3O4/c1-9-15(16(20)26-21-9)17(24)25-8-14(23)22-6-2-3-13(22)10-4-5-11(18)12(19)7-10/h4-5,7,13H,2-3,6,8,20H2,1H3. The van der Waals surface area contributed by atoms with E-state index in [4.69, 9.17) is 38.2 Å². The number of nitrogens with two attached hydrogens (primary N) is 1. The molecule has 1 aromatic heterocycles. The van der Waals surface area contributed by atoms with Crippen molar-refractivity contribution in [1.29, 1.82) is 0 Å². The number of nitrogen functional groups attached to an aromatic ring is 1. The van der Waals surface area contributed by atoms with E-state index < -0.39 is 5.97 Å². The van der Waals surface area contributed by atoms with E-state index in [0.717, 1.165) is 18.4 Å². The van der Waals surface area contributed by atoms with Gasteiger partial charge in [-0.1, -0.05) is 34.4 Å². The van der Waals surface area contributed by atoms with Crippen LogP contribution in [0.3, 0.4) is 0 Å². The van der Waals surface area contributed by atoms with Gasteiger partial charge in [-0.25, -0.2) is 4.79 Å². The smallest absolute Gasteiger partial charge is 0.346 e. The van der Waals surface area contributed by atoms with Crippen molar-refractivity contribution < 1.29 is 18.8 Å². The zero-order valence-corrected chi connectivity index (χ0v) is 15.5. The summed E-state index contributed by atoms with van der Waals surface area (Å²) in [7, 11) is 0. The van der Waals surface area contributed by atoms with E-state index in [-0.39, 0.29) is 30.0 Å². The number of hydrogen-bond donors (Lipinski definition) is 1. The summed E-state index contributed by atoms with van der Waals surface area (Å²) >= 11 is 12.0. The molecule has 1 aliphatic rings. The number of carbonyl (C=O) groups is 2. The summed E-state index contributed by atoms with van der Waals surface area (Å²) in [5.74, 6) is -1.16. The molecule has 1 saturated heterocycles. The molecule has 0 bridgehead atoms. The monoisotopic (exact) mass is 397 g/mol. The predicted octanol–water partition coefficient (Wildman–Crippen LogP) is 3.39. The zero-order valence-electron chi connectivity index (χ0n) is 14.0. The van der Waals surface area contributed by atoms with Crippen LogP contribution in [-0.4, -0.2) is 35.1 Å². The number of carbonyl (C=O) groups excluding carboxylic acids is 2. The fourth-order valence-corrected chi connectivity index (χ4v) is 3.36. The molecule has 0 spiro atoms. The summed E-state index contributed by atoms with van der Waals surface area (Å²) in [4.78, 5) is 26.3. The fraction of sp³-hybridized carbons (Fsp3) is 0.353. The van der Waals surface area contributed by atoms with Crippen LogP contribution in [0.1, 0.15) is 40.5 Å². The summed E-state index contributed by atoms with van der Waals surface area (Å²) in [5, 5.41) is 4.49. The fourth-order valence-electron chi connectivity index (χ4n) is 3.05. The minimum absolute atomic E-state index is 0.0419. The first kappa shape index (κ1) is 18.5. The van der Waals surface area contributed by atoms with Gasteiger partial charge in [0, 0.05) is 6.54 Å². The normalized spacial score (nSPS) is 16.7. The number of halogens is 2. The van der Waals surface area contributed by atoms with Gasteiger partial charge in [0.05, 0.1) is 21.8 Å². The summed E-state index contributed by atoms with van der Waals surface area (Å²) in [5.41, 5.74) is 6.80. The molecule has 1 amide bonds. The Bertz CT molecular complexity index is 833. The lowest BCUT2D eigenvalue weighted by atomic mass is 10.0. The lowest BCUT2D eigenvalue weighted by Gasteiger charge is -2.25. The van der Waals surface area contributed by atoms with Gasteiger partial charge in [0.15, 0.2) is 6.61 Å². The van der Waals surface area contributed by atoms with Gasteiger partial charge in [0.1, 0.15) is 5.56 Å². The number of hydrogen-bond acceptors (Lipinski definition) is 6. The molecule has 2 aromatic rings. The highest BCUT2D eigenvalue weighted by atomic mass is 35.5. The molecule has 138 valence electrons. The first-order valence-electron chi connectivity index (χ1n) is 8.01. The Morgan fingerprint density at radius 2 is 2.15 bits per heavy atom.